The molecule has 132 valence electrons. The molecule has 2 aromatic carbocycles. The Morgan fingerprint density at radius 1 is 1.12 bits per heavy atom. The third-order valence-electron chi connectivity index (χ3n) is 3.60. The number of para-hydroxylation sites is 1. The molecule has 1 unspecified atom stereocenters. The van der Waals surface area contributed by atoms with Crippen molar-refractivity contribution in [3.8, 4) is 0 Å². The minimum Gasteiger partial charge on any atom is -0.364 e. The first-order valence-corrected chi connectivity index (χ1v) is 8.71. The minimum absolute atomic E-state index is 0.0425. The van der Waals surface area contributed by atoms with Gasteiger partial charge in [-0.05, 0) is 40.5 Å². The van der Waals surface area contributed by atoms with Crippen LogP contribution in [0, 0.1) is 0 Å². The Morgan fingerprint density at radius 2 is 1.76 bits per heavy atom. The zero-order chi connectivity index (χ0) is 18.2. The van der Waals surface area contributed by atoms with Crippen molar-refractivity contribution in [1.29, 1.82) is 0 Å². The molecule has 2 aromatic rings. The molecule has 6 heteroatoms. The smallest absolute Gasteiger partial charge is 0.251 e. The van der Waals surface area contributed by atoms with Crippen LogP contribution < -0.4 is 5.32 Å². The van der Waals surface area contributed by atoms with Crippen LogP contribution in [0.4, 0.5) is 5.69 Å². The number of nitrogens with zero attached hydrogens (tertiary/aromatic N) is 1. The van der Waals surface area contributed by atoms with Crippen molar-refractivity contribution in [3.05, 3.63) is 64.6 Å². The van der Waals surface area contributed by atoms with Gasteiger partial charge in [0, 0.05) is 11.5 Å². The van der Waals surface area contributed by atoms with Crippen molar-refractivity contribution in [2.24, 2.45) is 0 Å². The fourth-order valence-electron chi connectivity index (χ4n) is 2.22. The summed E-state index contributed by atoms with van der Waals surface area (Å²) in [6.07, 6.45) is -0.624. The number of halogens is 1. The summed E-state index contributed by atoms with van der Waals surface area (Å²) in [6.45, 7) is 2.00. The highest BCUT2D eigenvalue weighted by atomic mass is 79.9. The largest absolute Gasteiger partial charge is 0.364 e. The predicted molar refractivity (Wildman–Crippen MR) is 101 cm³/mol. The maximum Gasteiger partial charge on any atom is 0.251 e. The summed E-state index contributed by atoms with van der Waals surface area (Å²) in [4.78, 5) is 25.8. The van der Waals surface area contributed by atoms with Gasteiger partial charge in [-0.15, -0.1) is 0 Å². The molecular weight excluding hydrogens is 384 g/mol. The number of rotatable bonds is 7. The highest BCUT2D eigenvalue weighted by Crippen LogP contribution is 2.21. The van der Waals surface area contributed by atoms with Gasteiger partial charge in [0.25, 0.3) is 5.91 Å². The summed E-state index contributed by atoms with van der Waals surface area (Å²) < 4.78 is 6.39. The van der Waals surface area contributed by atoms with Gasteiger partial charge in [-0.1, -0.05) is 42.5 Å². The van der Waals surface area contributed by atoms with Crippen molar-refractivity contribution >= 4 is 33.4 Å². The van der Waals surface area contributed by atoms with Gasteiger partial charge in [0.15, 0.2) is 0 Å². The SMILES string of the molecule is CC(OCc1ccccc1)C(=O)N(C)CC(=O)Nc1ccccc1Br. The molecule has 0 aliphatic rings. The molecule has 0 bridgehead atoms. The van der Waals surface area contributed by atoms with Crippen LogP contribution in [0.3, 0.4) is 0 Å². The number of ether oxygens (including phenoxy) is 1. The average molecular weight is 405 g/mol. The lowest BCUT2D eigenvalue weighted by molar-refractivity contribution is -0.143. The summed E-state index contributed by atoms with van der Waals surface area (Å²) in [5.41, 5.74) is 1.66. The Hall–Kier alpha value is -2.18. The van der Waals surface area contributed by atoms with E-state index in [2.05, 4.69) is 21.2 Å². The van der Waals surface area contributed by atoms with Crippen molar-refractivity contribution in [2.45, 2.75) is 19.6 Å². The van der Waals surface area contributed by atoms with Crippen molar-refractivity contribution in [1.82, 2.24) is 4.90 Å². The van der Waals surface area contributed by atoms with Gasteiger partial charge in [0.1, 0.15) is 6.10 Å². The van der Waals surface area contributed by atoms with E-state index >= 15 is 0 Å². The molecule has 0 aromatic heterocycles. The molecule has 1 atom stereocenters. The lowest BCUT2D eigenvalue weighted by Gasteiger charge is -2.21. The number of nitrogens with one attached hydrogen (secondary N) is 1. The normalized spacial score (nSPS) is 11.6. The molecule has 0 saturated carbocycles. The molecule has 0 aliphatic heterocycles. The number of carbonyl (C=O) groups is 2. The summed E-state index contributed by atoms with van der Waals surface area (Å²) >= 11 is 3.37. The van der Waals surface area contributed by atoms with E-state index in [4.69, 9.17) is 4.74 Å². The van der Waals surface area contributed by atoms with E-state index in [-0.39, 0.29) is 18.4 Å². The van der Waals surface area contributed by atoms with Crippen molar-refractivity contribution in [2.75, 3.05) is 18.9 Å². The molecule has 2 rings (SSSR count). The molecular formula is C19H21BrN2O3. The predicted octanol–water partition coefficient (Wildman–Crippen LogP) is 3.45. The van der Waals surface area contributed by atoms with Crippen LogP contribution in [0.2, 0.25) is 0 Å². The fourth-order valence-corrected chi connectivity index (χ4v) is 2.61. The van der Waals surface area contributed by atoms with Gasteiger partial charge < -0.3 is 15.0 Å². The van der Waals surface area contributed by atoms with E-state index in [1.54, 1.807) is 20.0 Å². The highest BCUT2D eigenvalue weighted by molar-refractivity contribution is 9.10. The molecule has 0 fully saturated rings. The maximum atomic E-state index is 12.3. The lowest BCUT2D eigenvalue weighted by atomic mass is 10.2. The fraction of sp³-hybridized carbons (Fsp3) is 0.263. The van der Waals surface area contributed by atoms with E-state index in [1.807, 2.05) is 48.5 Å². The Balaban J connectivity index is 1.82. The number of likely N-dealkylation sites (N-methyl/N-ethyl adjacent to an activating group) is 1. The van der Waals surface area contributed by atoms with Gasteiger partial charge in [-0.25, -0.2) is 0 Å². The van der Waals surface area contributed by atoms with Gasteiger partial charge in [-0.3, -0.25) is 9.59 Å². The molecule has 1 N–H and O–H groups in total. The van der Waals surface area contributed by atoms with Crippen LogP contribution in [-0.2, 0) is 20.9 Å². The first-order chi connectivity index (χ1) is 12.0. The van der Waals surface area contributed by atoms with Gasteiger partial charge >= 0.3 is 0 Å². The topological polar surface area (TPSA) is 58.6 Å². The summed E-state index contributed by atoms with van der Waals surface area (Å²) in [5.74, 6) is -0.504. The second-order valence-electron chi connectivity index (χ2n) is 5.66. The van der Waals surface area contributed by atoms with E-state index in [9.17, 15) is 9.59 Å². The third-order valence-corrected chi connectivity index (χ3v) is 4.29. The Kier molecular flexibility index (Phi) is 7.16. The highest BCUT2D eigenvalue weighted by Gasteiger charge is 2.20. The zero-order valence-corrected chi connectivity index (χ0v) is 15.8. The Bertz CT molecular complexity index is 722. The van der Waals surface area contributed by atoms with Crippen LogP contribution in [0.1, 0.15) is 12.5 Å². The molecule has 0 radical (unpaired) electrons. The van der Waals surface area contributed by atoms with E-state index in [0.29, 0.717) is 12.3 Å². The number of carbonyl (C=O) groups excluding carboxylic acids is 2. The number of anilines is 1. The molecule has 5 nitrogen and oxygen atoms in total. The lowest BCUT2D eigenvalue weighted by Crippen LogP contribution is -2.40. The Morgan fingerprint density at radius 3 is 2.44 bits per heavy atom. The Labute approximate surface area is 156 Å². The molecule has 0 spiro atoms. The standard InChI is InChI=1S/C19H21BrN2O3/c1-14(25-13-15-8-4-3-5-9-15)19(24)22(2)12-18(23)21-17-11-7-6-10-16(17)20/h3-11,14H,12-13H2,1-2H3,(H,21,23). The van der Waals surface area contributed by atoms with Crippen LogP contribution in [-0.4, -0.2) is 36.4 Å². The first kappa shape index (κ1) is 19.1. The van der Waals surface area contributed by atoms with E-state index < -0.39 is 6.10 Å². The second-order valence-corrected chi connectivity index (χ2v) is 6.52. The van der Waals surface area contributed by atoms with Gasteiger partial charge in [0.2, 0.25) is 5.91 Å². The van der Waals surface area contributed by atoms with Crippen LogP contribution in [0.15, 0.2) is 59.1 Å². The third kappa shape index (κ3) is 5.99. The summed E-state index contributed by atoms with van der Waals surface area (Å²) in [5, 5.41) is 2.77. The van der Waals surface area contributed by atoms with E-state index in [0.717, 1.165) is 10.0 Å². The molecule has 0 heterocycles. The number of amides is 2. The monoisotopic (exact) mass is 404 g/mol. The zero-order valence-electron chi connectivity index (χ0n) is 14.2. The number of hydrogen-bond acceptors (Lipinski definition) is 3. The van der Waals surface area contributed by atoms with E-state index in [1.165, 1.54) is 4.90 Å². The summed E-state index contributed by atoms with van der Waals surface area (Å²) in [7, 11) is 1.59. The van der Waals surface area contributed by atoms with Crippen molar-refractivity contribution < 1.29 is 14.3 Å². The first-order valence-electron chi connectivity index (χ1n) is 7.92. The second kappa shape index (κ2) is 9.34. The van der Waals surface area contributed by atoms with Crippen LogP contribution in [0.5, 0.6) is 0 Å². The molecule has 0 saturated heterocycles. The summed E-state index contributed by atoms with van der Waals surface area (Å²) in [6, 6.07) is 17.0. The van der Waals surface area contributed by atoms with Crippen LogP contribution in [0.25, 0.3) is 0 Å². The van der Waals surface area contributed by atoms with Gasteiger partial charge in [-0.2, -0.15) is 0 Å². The quantitative estimate of drug-likeness (QED) is 0.768. The molecule has 25 heavy (non-hydrogen) atoms. The average Bonchev–Trinajstić information content (AvgIpc) is 2.61. The van der Waals surface area contributed by atoms with Crippen molar-refractivity contribution in [3.63, 3.8) is 0 Å². The molecule has 0 aliphatic carbocycles. The maximum absolute atomic E-state index is 12.3. The number of hydrogen-bond donors (Lipinski definition) is 1. The van der Waals surface area contributed by atoms with Crippen LogP contribution >= 0.6 is 15.9 Å². The molecule has 2 amide bonds. The minimum atomic E-state index is -0.624. The van der Waals surface area contributed by atoms with Gasteiger partial charge in [0.05, 0.1) is 18.8 Å². The number of benzene rings is 2.